The number of hydrogen-bond donors (Lipinski definition) is 1. The standard InChI is InChI=1S/C19H27N3/c1-5-22(4)17(21-3)19(13-18(14-19)10-7-11-18)15-8-6-9-16(12-15)20-2/h5-6,8-9,12,20H,1,7,10-11,13-14H2,2-4H3. The van der Waals surface area contributed by atoms with Crippen molar-refractivity contribution in [2.45, 2.75) is 37.5 Å². The predicted molar refractivity (Wildman–Crippen MR) is 94.5 cm³/mol. The van der Waals surface area contributed by atoms with Crippen LogP contribution in [0.2, 0.25) is 0 Å². The lowest BCUT2D eigenvalue weighted by atomic mass is 9.43. The Labute approximate surface area is 134 Å². The van der Waals surface area contributed by atoms with Crippen LogP contribution in [0.4, 0.5) is 5.69 Å². The first kappa shape index (κ1) is 15.1. The molecule has 1 spiro atoms. The molecule has 3 nitrogen and oxygen atoms in total. The lowest BCUT2D eigenvalue weighted by Gasteiger charge is -2.62. The molecule has 2 saturated carbocycles. The second-order valence-corrected chi connectivity index (χ2v) is 6.96. The van der Waals surface area contributed by atoms with Gasteiger partial charge in [-0.2, -0.15) is 0 Å². The fraction of sp³-hybridized carbons (Fsp3) is 0.526. The fourth-order valence-corrected chi connectivity index (χ4v) is 4.52. The van der Waals surface area contributed by atoms with Gasteiger partial charge in [0.2, 0.25) is 0 Å². The van der Waals surface area contributed by atoms with E-state index in [4.69, 9.17) is 0 Å². The summed E-state index contributed by atoms with van der Waals surface area (Å²) in [5.41, 5.74) is 3.17. The van der Waals surface area contributed by atoms with Crippen molar-refractivity contribution in [3.8, 4) is 0 Å². The number of benzene rings is 1. The molecule has 0 aromatic heterocycles. The summed E-state index contributed by atoms with van der Waals surface area (Å²) in [6.07, 6.45) is 8.47. The second-order valence-electron chi connectivity index (χ2n) is 6.96. The first-order valence-electron chi connectivity index (χ1n) is 8.20. The summed E-state index contributed by atoms with van der Waals surface area (Å²) in [7, 11) is 5.94. The van der Waals surface area contributed by atoms with Crippen LogP contribution in [0.15, 0.2) is 42.0 Å². The van der Waals surface area contributed by atoms with E-state index in [1.165, 1.54) is 43.4 Å². The minimum Gasteiger partial charge on any atom is -0.388 e. The lowest BCUT2D eigenvalue weighted by molar-refractivity contribution is -0.0205. The maximum absolute atomic E-state index is 4.66. The Morgan fingerprint density at radius 1 is 1.36 bits per heavy atom. The van der Waals surface area contributed by atoms with Crippen LogP contribution >= 0.6 is 0 Å². The van der Waals surface area contributed by atoms with Gasteiger partial charge in [-0.1, -0.05) is 25.1 Å². The molecule has 1 aromatic rings. The molecule has 0 radical (unpaired) electrons. The molecule has 2 fully saturated rings. The number of hydrogen-bond acceptors (Lipinski definition) is 2. The van der Waals surface area contributed by atoms with Crippen LogP contribution in [0, 0.1) is 5.41 Å². The third-order valence-electron chi connectivity index (χ3n) is 5.72. The number of likely N-dealkylation sites (N-methyl/N-ethyl adjacent to an activating group) is 1. The summed E-state index contributed by atoms with van der Waals surface area (Å²) in [6, 6.07) is 8.81. The van der Waals surface area contributed by atoms with Gasteiger partial charge in [0, 0.05) is 26.8 Å². The van der Waals surface area contributed by atoms with E-state index in [1.807, 2.05) is 20.3 Å². The lowest BCUT2D eigenvalue weighted by Crippen LogP contribution is -2.59. The summed E-state index contributed by atoms with van der Waals surface area (Å²) < 4.78 is 0. The zero-order valence-electron chi connectivity index (χ0n) is 14.0. The highest BCUT2D eigenvalue weighted by Crippen LogP contribution is 2.65. The molecular formula is C19H27N3. The van der Waals surface area contributed by atoms with Crippen molar-refractivity contribution in [3.05, 3.63) is 42.6 Å². The van der Waals surface area contributed by atoms with E-state index in [-0.39, 0.29) is 5.41 Å². The minimum absolute atomic E-state index is 0.0466. The van der Waals surface area contributed by atoms with Crippen molar-refractivity contribution in [1.82, 2.24) is 4.90 Å². The van der Waals surface area contributed by atoms with Gasteiger partial charge in [-0.15, -0.1) is 0 Å². The molecule has 118 valence electrons. The molecular weight excluding hydrogens is 270 g/mol. The van der Waals surface area contributed by atoms with Crippen molar-refractivity contribution >= 4 is 11.5 Å². The summed E-state index contributed by atoms with van der Waals surface area (Å²) in [5, 5.41) is 3.26. The van der Waals surface area contributed by atoms with Crippen LogP contribution in [0.25, 0.3) is 0 Å². The molecule has 3 heteroatoms. The maximum atomic E-state index is 4.66. The summed E-state index contributed by atoms with van der Waals surface area (Å²) in [6.45, 7) is 3.93. The van der Waals surface area contributed by atoms with E-state index in [9.17, 15) is 0 Å². The van der Waals surface area contributed by atoms with Crippen LogP contribution in [0.5, 0.6) is 0 Å². The Bertz CT molecular complexity index is 590. The van der Waals surface area contributed by atoms with Gasteiger partial charge in [0.15, 0.2) is 0 Å². The molecule has 0 atom stereocenters. The highest BCUT2D eigenvalue weighted by atomic mass is 15.2. The smallest absolute Gasteiger partial charge is 0.113 e. The fourth-order valence-electron chi connectivity index (χ4n) is 4.52. The third-order valence-corrected chi connectivity index (χ3v) is 5.72. The van der Waals surface area contributed by atoms with E-state index >= 15 is 0 Å². The molecule has 0 bridgehead atoms. The van der Waals surface area contributed by atoms with Gasteiger partial charge < -0.3 is 10.2 Å². The molecule has 0 heterocycles. The number of nitrogens with one attached hydrogen (secondary N) is 1. The van der Waals surface area contributed by atoms with Crippen LogP contribution in [-0.2, 0) is 5.41 Å². The van der Waals surface area contributed by atoms with Crippen molar-refractivity contribution < 1.29 is 0 Å². The van der Waals surface area contributed by atoms with E-state index in [1.54, 1.807) is 0 Å². The van der Waals surface area contributed by atoms with Crippen molar-refractivity contribution in [2.24, 2.45) is 10.4 Å². The zero-order chi connectivity index (χ0) is 15.8. The van der Waals surface area contributed by atoms with E-state index in [2.05, 4.69) is 53.1 Å². The average molecular weight is 297 g/mol. The highest BCUT2D eigenvalue weighted by Gasteiger charge is 2.60. The molecule has 3 rings (SSSR count). The van der Waals surface area contributed by atoms with E-state index in [0.29, 0.717) is 5.41 Å². The third kappa shape index (κ3) is 2.15. The number of rotatable bonds is 4. The molecule has 2 aliphatic rings. The summed E-state index contributed by atoms with van der Waals surface area (Å²) in [5.74, 6) is 1.15. The van der Waals surface area contributed by atoms with Gasteiger partial charge in [0.05, 0.1) is 5.41 Å². The highest BCUT2D eigenvalue weighted by molar-refractivity contribution is 5.95. The van der Waals surface area contributed by atoms with Crippen LogP contribution in [0.3, 0.4) is 0 Å². The van der Waals surface area contributed by atoms with E-state index in [0.717, 1.165) is 5.84 Å². The van der Waals surface area contributed by atoms with Crippen LogP contribution in [-0.4, -0.2) is 31.9 Å². The van der Waals surface area contributed by atoms with Gasteiger partial charge in [0.1, 0.15) is 5.84 Å². The summed E-state index contributed by atoms with van der Waals surface area (Å²) >= 11 is 0. The Morgan fingerprint density at radius 2 is 2.09 bits per heavy atom. The van der Waals surface area contributed by atoms with Gasteiger partial charge in [-0.05, 0) is 55.0 Å². The Kier molecular flexibility index (Phi) is 3.75. The van der Waals surface area contributed by atoms with Crippen LogP contribution < -0.4 is 5.32 Å². The first-order valence-corrected chi connectivity index (χ1v) is 8.20. The zero-order valence-corrected chi connectivity index (χ0v) is 14.0. The predicted octanol–water partition coefficient (Wildman–Crippen LogP) is 4.03. The first-order chi connectivity index (χ1) is 10.6. The molecule has 0 aliphatic heterocycles. The number of nitrogens with zero attached hydrogens (tertiary/aromatic N) is 2. The van der Waals surface area contributed by atoms with Crippen molar-refractivity contribution in [2.75, 3.05) is 26.5 Å². The quantitative estimate of drug-likeness (QED) is 0.671. The average Bonchev–Trinajstić information content (AvgIpc) is 2.48. The molecule has 1 aromatic carbocycles. The molecule has 0 unspecified atom stereocenters. The molecule has 2 aliphatic carbocycles. The van der Waals surface area contributed by atoms with Gasteiger partial charge >= 0.3 is 0 Å². The number of aliphatic imine (C=N–C) groups is 1. The molecule has 1 N–H and O–H groups in total. The normalized spacial score (nSPS) is 21.7. The number of amidine groups is 1. The van der Waals surface area contributed by atoms with Crippen LogP contribution in [0.1, 0.15) is 37.7 Å². The maximum Gasteiger partial charge on any atom is 0.113 e. The molecule has 0 saturated heterocycles. The van der Waals surface area contributed by atoms with Gasteiger partial charge in [0.25, 0.3) is 0 Å². The van der Waals surface area contributed by atoms with Gasteiger partial charge in [-0.25, -0.2) is 0 Å². The van der Waals surface area contributed by atoms with Crippen molar-refractivity contribution in [1.29, 1.82) is 0 Å². The van der Waals surface area contributed by atoms with Crippen molar-refractivity contribution in [3.63, 3.8) is 0 Å². The minimum atomic E-state index is 0.0466. The molecule has 0 amide bonds. The Hall–Kier alpha value is -1.77. The van der Waals surface area contributed by atoms with Gasteiger partial charge in [-0.3, -0.25) is 4.99 Å². The van der Waals surface area contributed by atoms with E-state index < -0.39 is 0 Å². The SMILES string of the molecule is C=CN(C)C(=NC)C1(c2cccc(NC)c2)CC2(CCC2)C1. The Morgan fingerprint density at radius 3 is 2.59 bits per heavy atom. The topological polar surface area (TPSA) is 27.6 Å². The second kappa shape index (κ2) is 5.45. The summed E-state index contributed by atoms with van der Waals surface area (Å²) in [4.78, 5) is 6.75. The molecule has 22 heavy (non-hydrogen) atoms. The monoisotopic (exact) mass is 297 g/mol. The largest absolute Gasteiger partial charge is 0.388 e. The Balaban J connectivity index is 2.02. The number of anilines is 1.